The Hall–Kier alpha value is -2.18. The largest absolute Gasteiger partial charge is 0.310 e. The first-order valence-corrected chi connectivity index (χ1v) is 9.27. The van der Waals surface area contributed by atoms with Crippen molar-refractivity contribution in [3.63, 3.8) is 0 Å². The van der Waals surface area contributed by atoms with Gasteiger partial charge in [0.05, 0.1) is 27.7 Å². The van der Waals surface area contributed by atoms with Gasteiger partial charge in [0.25, 0.3) is 5.56 Å². The highest BCUT2D eigenvalue weighted by Crippen LogP contribution is 2.21. The van der Waals surface area contributed by atoms with Crippen LogP contribution in [0.2, 0.25) is 5.02 Å². The first-order valence-electron chi connectivity index (χ1n) is 8.90. The zero-order valence-corrected chi connectivity index (χ0v) is 16.0. The second kappa shape index (κ2) is 6.52. The molecule has 1 aliphatic heterocycles. The van der Waals surface area contributed by atoms with Crippen LogP contribution in [-0.2, 0) is 19.5 Å². The number of rotatable bonds is 3. The molecule has 6 nitrogen and oxygen atoms in total. The molecular weight excluding hydrogens is 350 g/mol. The fourth-order valence-electron chi connectivity index (χ4n) is 3.50. The van der Waals surface area contributed by atoms with Crippen LogP contribution in [0.3, 0.4) is 0 Å². The normalized spacial score (nSPS) is 15.0. The van der Waals surface area contributed by atoms with Gasteiger partial charge in [-0.05, 0) is 19.1 Å². The molecule has 0 unspecified atom stereocenters. The average Bonchev–Trinajstić information content (AvgIpc) is 2.90. The number of fused-ring (bicyclic) bond motifs is 2. The number of hydrogen-bond donors (Lipinski definition) is 1. The standard InChI is InChI=1S/C19H22ClN5O/c1-11(2)18-22-15-6-7-24(9-14(15)19(26)23-18)10-16-12(3)21-17-5-4-13(20)8-25(16)17/h4-5,8,11H,6-7,9-10H2,1-3H3,(H,22,23,26). The Labute approximate surface area is 156 Å². The number of halogens is 1. The average molecular weight is 372 g/mol. The zero-order chi connectivity index (χ0) is 18.4. The van der Waals surface area contributed by atoms with Crippen molar-refractivity contribution in [2.75, 3.05) is 6.54 Å². The van der Waals surface area contributed by atoms with Crippen molar-refractivity contribution in [3.8, 4) is 0 Å². The Morgan fingerprint density at radius 3 is 2.88 bits per heavy atom. The van der Waals surface area contributed by atoms with E-state index in [0.717, 1.165) is 53.6 Å². The van der Waals surface area contributed by atoms with E-state index >= 15 is 0 Å². The smallest absolute Gasteiger partial charge is 0.255 e. The fourth-order valence-corrected chi connectivity index (χ4v) is 3.66. The summed E-state index contributed by atoms with van der Waals surface area (Å²) in [5.41, 5.74) is 4.69. The summed E-state index contributed by atoms with van der Waals surface area (Å²) in [6.45, 7) is 8.28. The maximum absolute atomic E-state index is 12.5. The number of aromatic amines is 1. The van der Waals surface area contributed by atoms with E-state index in [1.807, 2.05) is 43.5 Å². The Morgan fingerprint density at radius 2 is 2.12 bits per heavy atom. The van der Waals surface area contributed by atoms with Gasteiger partial charge in [0.15, 0.2) is 0 Å². The van der Waals surface area contributed by atoms with Gasteiger partial charge >= 0.3 is 0 Å². The molecule has 136 valence electrons. The summed E-state index contributed by atoms with van der Waals surface area (Å²) < 4.78 is 2.04. The van der Waals surface area contributed by atoms with E-state index < -0.39 is 0 Å². The van der Waals surface area contributed by atoms with Gasteiger partial charge in [-0.2, -0.15) is 0 Å². The highest BCUT2D eigenvalue weighted by molar-refractivity contribution is 6.30. The molecule has 0 aromatic carbocycles. The lowest BCUT2D eigenvalue weighted by atomic mass is 10.1. The molecule has 0 radical (unpaired) electrons. The molecule has 3 aromatic heterocycles. The molecular formula is C19H22ClN5O. The van der Waals surface area contributed by atoms with Crippen molar-refractivity contribution < 1.29 is 0 Å². The quantitative estimate of drug-likeness (QED) is 0.768. The molecule has 1 N–H and O–H groups in total. The predicted molar refractivity (Wildman–Crippen MR) is 102 cm³/mol. The Morgan fingerprint density at radius 1 is 1.31 bits per heavy atom. The molecule has 4 heterocycles. The molecule has 0 spiro atoms. The van der Waals surface area contributed by atoms with E-state index in [-0.39, 0.29) is 11.5 Å². The van der Waals surface area contributed by atoms with Gasteiger partial charge in [0, 0.05) is 38.2 Å². The molecule has 1 aliphatic rings. The van der Waals surface area contributed by atoms with E-state index in [4.69, 9.17) is 11.6 Å². The monoisotopic (exact) mass is 371 g/mol. The number of aromatic nitrogens is 4. The van der Waals surface area contributed by atoms with Gasteiger partial charge in [-0.3, -0.25) is 9.69 Å². The van der Waals surface area contributed by atoms with E-state index in [0.29, 0.717) is 11.6 Å². The van der Waals surface area contributed by atoms with Crippen LogP contribution in [0.1, 0.15) is 48.2 Å². The SMILES string of the molecule is Cc1nc2ccc(Cl)cn2c1CN1CCc2nc(C(C)C)[nH]c(=O)c2C1. The van der Waals surface area contributed by atoms with Gasteiger partial charge in [-0.1, -0.05) is 25.4 Å². The minimum Gasteiger partial charge on any atom is -0.310 e. The summed E-state index contributed by atoms with van der Waals surface area (Å²) in [6, 6.07) is 3.77. The van der Waals surface area contributed by atoms with E-state index in [1.54, 1.807) is 0 Å². The molecule has 4 rings (SSSR count). The third kappa shape index (κ3) is 3.04. The molecule has 0 bridgehead atoms. The Bertz CT molecular complexity index is 1040. The lowest BCUT2D eigenvalue weighted by Crippen LogP contribution is -2.36. The van der Waals surface area contributed by atoms with Crippen LogP contribution in [-0.4, -0.2) is 30.8 Å². The van der Waals surface area contributed by atoms with Crippen molar-refractivity contribution >= 4 is 17.2 Å². The van der Waals surface area contributed by atoms with Gasteiger partial charge in [-0.15, -0.1) is 0 Å². The van der Waals surface area contributed by atoms with Gasteiger partial charge in [0.1, 0.15) is 11.5 Å². The molecule has 0 aliphatic carbocycles. The maximum Gasteiger partial charge on any atom is 0.255 e. The van der Waals surface area contributed by atoms with Gasteiger partial charge < -0.3 is 9.38 Å². The van der Waals surface area contributed by atoms with Crippen LogP contribution < -0.4 is 5.56 Å². The summed E-state index contributed by atoms with van der Waals surface area (Å²) in [7, 11) is 0. The zero-order valence-electron chi connectivity index (χ0n) is 15.2. The molecule has 0 amide bonds. The van der Waals surface area contributed by atoms with Crippen LogP contribution in [0.4, 0.5) is 0 Å². The number of nitrogens with zero attached hydrogens (tertiary/aromatic N) is 4. The van der Waals surface area contributed by atoms with Crippen LogP contribution in [0.5, 0.6) is 0 Å². The van der Waals surface area contributed by atoms with Gasteiger partial charge in [-0.25, -0.2) is 9.97 Å². The molecule has 7 heteroatoms. The third-order valence-corrected chi connectivity index (χ3v) is 5.19. The molecule has 3 aromatic rings. The number of imidazole rings is 1. The number of hydrogen-bond acceptors (Lipinski definition) is 4. The summed E-state index contributed by atoms with van der Waals surface area (Å²) in [5.74, 6) is 0.992. The van der Waals surface area contributed by atoms with Gasteiger partial charge in [0.2, 0.25) is 0 Å². The summed E-state index contributed by atoms with van der Waals surface area (Å²) in [4.78, 5) is 27.0. The molecule has 0 fully saturated rings. The molecule has 0 saturated heterocycles. The highest BCUT2D eigenvalue weighted by Gasteiger charge is 2.23. The van der Waals surface area contributed by atoms with Crippen molar-refractivity contribution in [2.45, 2.75) is 46.2 Å². The molecule has 26 heavy (non-hydrogen) atoms. The van der Waals surface area contributed by atoms with Crippen molar-refractivity contribution in [1.82, 2.24) is 24.3 Å². The third-order valence-electron chi connectivity index (χ3n) is 4.97. The second-order valence-corrected chi connectivity index (χ2v) is 7.65. The van der Waals surface area contributed by atoms with E-state index in [1.165, 1.54) is 0 Å². The van der Waals surface area contributed by atoms with Crippen LogP contribution in [0, 0.1) is 6.92 Å². The summed E-state index contributed by atoms with van der Waals surface area (Å²) >= 11 is 6.15. The van der Waals surface area contributed by atoms with E-state index in [2.05, 4.69) is 19.9 Å². The number of H-pyrrole nitrogens is 1. The summed E-state index contributed by atoms with van der Waals surface area (Å²) in [5, 5.41) is 0.682. The topological polar surface area (TPSA) is 66.3 Å². The first-order chi connectivity index (χ1) is 12.4. The minimum absolute atomic E-state index is 0.0127. The lowest BCUT2D eigenvalue weighted by Gasteiger charge is -2.28. The number of aryl methyl sites for hydroxylation is 1. The highest BCUT2D eigenvalue weighted by atomic mass is 35.5. The molecule has 0 atom stereocenters. The fraction of sp³-hybridized carbons (Fsp3) is 0.421. The van der Waals surface area contributed by atoms with Crippen molar-refractivity contribution in [1.29, 1.82) is 0 Å². The maximum atomic E-state index is 12.5. The summed E-state index contributed by atoms with van der Waals surface area (Å²) in [6.07, 6.45) is 2.68. The lowest BCUT2D eigenvalue weighted by molar-refractivity contribution is 0.237. The second-order valence-electron chi connectivity index (χ2n) is 7.21. The van der Waals surface area contributed by atoms with E-state index in [9.17, 15) is 4.79 Å². The predicted octanol–water partition coefficient (Wildman–Crippen LogP) is 3.06. The minimum atomic E-state index is -0.0127. The molecule has 0 saturated carbocycles. The Kier molecular flexibility index (Phi) is 4.32. The first kappa shape index (κ1) is 17.2. The number of nitrogens with one attached hydrogen (secondary N) is 1. The van der Waals surface area contributed by atoms with Crippen LogP contribution >= 0.6 is 11.6 Å². The van der Waals surface area contributed by atoms with Crippen molar-refractivity contribution in [3.05, 3.63) is 62.2 Å². The number of pyridine rings is 1. The Balaban J connectivity index is 1.64. The van der Waals surface area contributed by atoms with Crippen molar-refractivity contribution in [2.24, 2.45) is 0 Å². The van der Waals surface area contributed by atoms with Crippen LogP contribution in [0.15, 0.2) is 23.1 Å². The van der Waals surface area contributed by atoms with Crippen LogP contribution in [0.25, 0.3) is 5.65 Å².